The van der Waals surface area contributed by atoms with E-state index in [4.69, 9.17) is 9.47 Å². The van der Waals surface area contributed by atoms with Gasteiger partial charge in [-0.3, -0.25) is 0 Å². The summed E-state index contributed by atoms with van der Waals surface area (Å²) in [7, 11) is -0.867. The molecule has 0 saturated heterocycles. The normalized spacial score (nSPS) is 12.3. The van der Waals surface area contributed by atoms with Crippen LogP contribution in [0.25, 0.3) is 0 Å². The zero-order chi connectivity index (χ0) is 16.3. The molecule has 1 aromatic rings. The smallest absolute Gasteiger partial charge is 0.241 e. The fourth-order valence-corrected chi connectivity index (χ4v) is 3.33. The summed E-state index contributed by atoms with van der Waals surface area (Å²) in [5, 5.41) is 9.39. The third-order valence-electron chi connectivity index (χ3n) is 3.30. The Balaban J connectivity index is 3.37. The highest BCUT2D eigenvalue weighted by atomic mass is 32.2. The van der Waals surface area contributed by atoms with Crippen molar-refractivity contribution in [3.8, 4) is 11.5 Å². The molecule has 0 fully saturated rings. The molecule has 0 heterocycles. The van der Waals surface area contributed by atoms with Crippen molar-refractivity contribution >= 4 is 10.0 Å². The molecule has 0 amide bonds. The lowest BCUT2D eigenvalue weighted by Crippen LogP contribution is -2.42. The molecule has 120 valence electrons. The topological polar surface area (TPSA) is 84.9 Å². The zero-order valence-electron chi connectivity index (χ0n) is 13.1. The van der Waals surface area contributed by atoms with Crippen LogP contribution in [0.5, 0.6) is 11.5 Å². The maximum absolute atomic E-state index is 12.5. The number of methoxy groups -OCH3 is 2. The summed E-state index contributed by atoms with van der Waals surface area (Å²) in [6.07, 6.45) is 0.645. The Bertz CT molecular complexity index is 570. The second-order valence-electron chi connectivity index (χ2n) is 5.32. The molecule has 0 bridgehead atoms. The lowest BCUT2D eigenvalue weighted by Gasteiger charge is -2.24. The van der Waals surface area contributed by atoms with Crippen molar-refractivity contribution in [1.82, 2.24) is 4.72 Å². The first-order chi connectivity index (χ1) is 9.70. The molecule has 0 unspecified atom stereocenters. The third-order valence-corrected chi connectivity index (χ3v) is 4.98. The van der Waals surface area contributed by atoms with Gasteiger partial charge in [0.2, 0.25) is 10.0 Å². The van der Waals surface area contributed by atoms with Crippen molar-refractivity contribution in [2.24, 2.45) is 0 Å². The number of nitrogens with one attached hydrogen (secondary N) is 1. The number of rotatable bonds is 7. The van der Waals surface area contributed by atoms with E-state index in [2.05, 4.69) is 4.72 Å². The van der Waals surface area contributed by atoms with Crippen LogP contribution in [-0.4, -0.2) is 33.3 Å². The predicted molar refractivity (Wildman–Crippen MR) is 80.2 cm³/mol. The van der Waals surface area contributed by atoms with E-state index in [1.807, 2.05) is 6.92 Å². The predicted octanol–water partition coefficient (Wildman–Crippen LogP) is 1.66. The Morgan fingerprint density at radius 2 is 1.86 bits per heavy atom. The third kappa shape index (κ3) is 4.09. The van der Waals surface area contributed by atoms with Crippen molar-refractivity contribution in [3.63, 3.8) is 0 Å². The van der Waals surface area contributed by atoms with Gasteiger partial charge in [-0.25, -0.2) is 13.1 Å². The molecule has 0 radical (unpaired) electrons. The first kappa shape index (κ1) is 17.7. The van der Waals surface area contributed by atoms with Gasteiger partial charge in [0.25, 0.3) is 0 Å². The molecular formula is C14H23NO5S. The Morgan fingerprint density at radius 3 is 2.29 bits per heavy atom. The molecule has 0 spiro atoms. The number of hydrogen-bond acceptors (Lipinski definition) is 5. The van der Waals surface area contributed by atoms with Crippen molar-refractivity contribution in [2.45, 2.75) is 44.2 Å². The van der Waals surface area contributed by atoms with E-state index in [-0.39, 0.29) is 17.3 Å². The van der Waals surface area contributed by atoms with E-state index in [1.165, 1.54) is 26.4 Å². The molecule has 6 nitrogen and oxygen atoms in total. The van der Waals surface area contributed by atoms with E-state index in [0.29, 0.717) is 17.7 Å². The SMILES string of the molecule is CCC(C)(C)NS(=O)(=O)c1cc(CO)c(OC)c(OC)c1. The van der Waals surface area contributed by atoms with Crippen molar-refractivity contribution < 1.29 is 23.0 Å². The van der Waals surface area contributed by atoms with Crippen molar-refractivity contribution in [1.29, 1.82) is 0 Å². The van der Waals surface area contributed by atoms with Gasteiger partial charge >= 0.3 is 0 Å². The fourth-order valence-electron chi connectivity index (χ4n) is 1.78. The first-order valence-corrected chi connectivity index (χ1v) is 8.08. The van der Waals surface area contributed by atoms with Gasteiger partial charge in [0.1, 0.15) is 0 Å². The Hall–Kier alpha value is -1.31. The molecule has 0 atom stereocenters. The fraction of sp³-hybridized carbons (Fsp3) is 0.571. The second-order valence-corrected chi connectivity index (χ2v) is 7.00. The van der Waals surface area contributed by atoms with Crippen LogP contribution in [0, 0.1) is 0 Å². The summed E-state index contributed by atoms with van der Waals surface area (Å²) in [6, 6.07) is 2.77. The summed E-state index contributed by atoms with van der Waals surface area (Å²) >= 11 is 0. The van der Waals surface area contributed by atoms with Crippen LogP contribution in [-0.2, 0) is 16.6 Å². The van der Waals surface area contributed by atoms with Gasteiger partial charge in [0.05, 0.1) is 25.7 Å². The van der Waals surface area contributed by atoms with Crippen LogP contribution in [0.2, 0.25) is 0 Å². The minimum Gasteiger partial charge on any atom is -0.493 e. The number of ether oxygens (including phenoxy) is 2. The van der Waals surface area contributed by atoms with E-state index in [9.17, 15) is 13.5 Å². The molecule has 1 aromatic carbocycles. The second kappa shape index (κ2) is 6.64. The average molecular weight is 317 g/mol. The van der Waals surface area contributed by atoms with Gasteiger partial charge in [-0.15, -0.1) is 0 Å². The van der Waals surface area contributed by atoms with Crippen LogP contribution in [0.1, 0.15) is 32.8 Å². The zero-order valence-corrected chi connectivity index (χ0v) is 13.9. The van der Waals surface area contributed by atoms with E-state index >= 15 is 0 Å². The first-order valence-electron chi connectivity index (χ1n) is 6.60. The molecule has 0 aromatic heterocycles. The monoisotopic (exact) mass is 317 g/mol. The molecule has 7 heteroatoms. The molecule has 21 heavy (non-hydrogen) atoms. The molecule has 1 rings (SSSR count). The highest BCUT2D eigenvalue weighted by Crippen LogP contribution is 2.34. The molecule has 0 saturated carbocycles. The van der Waals surface area contributed by atoms with Gasteiger partial charge in [0.15, 0.2) is 11.5 Å². The summed E-state index contributed by atoms with van der Waals surface area (Å²) in [6.45, 7) is 5.16. The molecule has 0 aliphatic heterocycles. The minimum atomic E-state index is -3.72. The van der Waals surface area contributed by atoms with Gasteiger partial charge in [-0.1, -0.05) is 6.92 Å². The molecule has 0 aliphatic carbocycles. The standard InChI is InChI=1S/C14H23NO5S/c1-6-14(2,3)15-21(17,18)11-7-10(9-16)13(20-5)12(8-11)19-4/h7-8,15-16H,6,9H2,1-5H3. The Kier molecular flexibility index (Phi) is 5.61. The highest BCUT2D eigenvalue weighted by Gasteiger charge is 2.26. The van der Waals surface area contributed by atoms with Crippen molar-refractivity contribution in [3.05, 3.63) is 17.7 Å². The van der Waals surface area contributed by atoms with Crippen molar-refractivity contribution in [2.75, 3.05) is 14.2 Å². The van der Waals surface area contributed by atoms with Crippen LogP contribution < -0.4 is 14.2 Å². The summed E-state index contributed by atoms with van der Waals surface area (Å²) < 4.78 is 37.8. The van der Waals surface area contributed by atoms with Gasteiger partial charge in [-0.05, 0) is 26.3 Å². The van der Waals surface area contributed by atoms with Crippen LogP contribution in [0.3, 0.4) is 0 Å². The summed E-state index contributed by atoms with van der Waals surface area (Å²) in [4.78, 5) is 0.0331. The minimum absolute atomic E-state index is 0.0331. The van der Waals surface area contributed by atoms with E-state index in [1.54, 1.807) is 13.8 Å². The lowest BCUT2D eigenvalue weighted by molar-refractivity contribution is 0.269. The van der Waals surface area contributed by atoms with Crippen LogP contribution in [0.15, 0.2) is 17.0 Å². The maximum Gasteiger partial charge on any atom is 0.241 e. The average Bonchev–Trinajstić information content (AvgIpc) is 2.44. The molecule has 0 aliphatic rings. The largest absolute Gasteiger partial charge is 0.493 e. The summed E-state index contributed by atoms with van der Waals surface area (Å²) in [5.74, 6) is 0.590. The molecule has 2 N–H and O–H groups in total. The summed E-state index contributed by atoms with van der Waals surface area (Å²) in [5.41, 5.74) is -0.211. The molecular weight excluding hydrogens is 294 g/mol. The number of aliphatic hydroxyl groups excluding tert-OH is 1. The van der Waals surface area contributed by atoms with E-state index < -0.39 is 15.6 Å². The number of sulfonamides is 1. The quantitative estimate of drug-likeness (QED) is 0.799. The van der Waals surface area contributed by atoms with Gasteiger partial charge in [0, 0.05) is 17.2 Å². The van der Waals surface area contributed by atoms with Gasteiger partial charge in [-0.2, -0.15) is 0 Å². The maximum atomic E-state index is 12.5. The van der Waals surface area contributed by atoms with Crippen LogP contribution in [0.4, 0.5) is 0 Å². The van der Waals surface area contributed by atoms with E-state index in [0.717, 1.165) is 0 Å². The number of aliphatic hydroxyl groups is 1. The Morgan fingerprint density at radius 1 is 1.24 bits per heavy atom. The highest BCUT2D eigenvalue weighted by molar-refractivity contribution is 7.89. The number of benzene rings is 1. The van der Waals surface area contributed by atoms with Crippen LogP contribution >= 0.6 is 0 Å². The Labute approximate surface area is 126 Å². The lowest BCUT2D eigenvalue weighted by atomic mass is 10.0. The number of hydrogen-bond donors (Lipinski definition) is 2. The van der Waals surface area contributed by atoms with Gasteiger partial charge < -0.3 is 14.6 Å².